The number of methoxy groups -OCH3 is 2. The molecule has 3 rings (SSSR count). The standard InChI is InChI=1S/C16H22BN3O3/c1-22-14-7-12-13(8-15(14)23-2)18-10-19-16(12)20-5-3-11(4-6-20)9-17-21/h7-8,10-11,17,21H,3-6,9H2,1-2H3. The van der Waals surface area contributed by atoms with E-state index in [1.807, 2.05) is 12.1 Å². The van der Waals surface area contributed by atoms with Crippen molar-refractivity contribution >= 4 is 24.2 Å². The number of piperidine rings is 1. The molecule has 0 aliphatic carbocycles. The SMILES string of the molecule is COc1cc2ncnc(N3CCC(CBO)CC3)c2cc1OC. The third kappa shape index (κ3) is 3.19. The summed E-state index contributed by atoms with van der Waals surface area (Å²) in [4.78, 5) is 11.2. The van der Waals surface area contributed by atoms with Crippen LogP contribution in [0, 0.1) is 5.92 Å². The zero-order valence-electron chi connectivity index (χ0n) is 13.7. The van der Waals surface area contributed by atoms with Crippen molar-refractivity contribution < 1.29 is 14.5 Å². The lowest BCUT2D eigenvalue weighted by atomic mass is 9.80. The summed E-state index contributed by atoms with van der Waals surface area (Å²) in [6, 6.07) is 3.83. The summed E-state index contributed by atoms with van der Waals surface area (Å²) < 4.78 is 10.8. The molecule has 1 saturated heterocycles. The van der Waals surface area contributed by atoms with Crippen molar-refractivity contribution in [1.82, 2.24) is 9.97 Å². The fourth-order valence-corrected chi connectivity index (χ4v) is 3.24. The maximum atomic E-state index is 9.09. The molecule has 122 valence electrons. The summed E-state index contributed by atoms with van der Waals surface area (Å²) in [6.45, 7) is 1.90. The number of fused-ring (bicyclic) bond motifs is 1. The van der Waals surface area contributed by atoms with Crippen LogP contribution < -0.4 is 14.4 Å². The highest BCUT2D eigenvalue weighted by molar-refractivity contribution is 6.25. The number of rotatable bonds is 5. The first-order valence-corrected chi connectivity index (χ1v) is 7.99. The summed E-state index contributed by atoms with van der Waals surface area (Å²) in [7, 11) is 3.53. The van der Waals surface area contributed by atoms with Crippen LogP contribution in [0.1, 0.15) is 12.8 Å². The van der Waals surface area contributed by atoms with Gasteiger partial charge in [0.25, 0.3) is 7.48 Å². The summed E-state index contributed by atoms with van der Waals surface area (Å²) in [6.07, 6.45) is 4.66. The molecule has 1 aromatic carbocycles. The van der Waals surface area contributed by atoms with Crippen LogP contribution in [-0.4, -0.2) is 49.8 Å². The molecule has 2 heterocycles. The van der Waals surface area contributed by atoms with Gasteiger partial charge in [0.1, 0.15) is 12.1 Å². The van der Waals surface area contributed by atoms with E-state index in [2.05, 4.69) is 14.9 Å². The molecule has 1 fully saturated rings. The third-order valence-corrected chi connectivity index (χ3v) is 4.57. The molecule has 0 atom stereocenters. The molecule has 0 spiro atoms. The first-order valence-electron chi connectivity index (χ1n) is 7.99. The molecular formula is C16H22BN3O3. The fraction of sp³-hybridized carbons (Fsp3) is 0.500. The van der Waals surface area contributed by atoms with Gasteiger partial charge in [0.05, 0.1) is 19.7 Å². The monoisotopic (exact) mass is 315 g/mol. The normalized spacial score (nSPS) is 15.7. The zero-order valence-corrected chi connectivity index (χ0v) is 13.7. The molecule has 7 heteroatoms. The Morgan fingerprint density at radius 3 is 2.52 bits per heavy atom. The summed E-state index contributed by atoms with van der Waals surface area (Å²) >= 11 is 0. The van der Waals surface area contributed by atoms with Gasteiger partial charge in [-0.05, 0) is 31.1 Å². The molecular weight excluding hydrogens is 293 g/mol. The van der Waals surface area contributed by atoms with Gasteiger partial charge in [0.15, 0.2) is 11.5 Å². The number of ether oxygens (including phenoxy) is 2. The van der Waals surface area contributed by atoms with Crippen LogP contribution in [-0.2, 0) is 0 Å². The second kappa shape index (κ2) is 7.04. The molecule has 23 heavy (non-hydrogen) atoms. The van der Waals surface area contributed by atoms with E-state index in [1.165, 1.54) is 0 Å². The van der Waals surface area contributed by atoms with E-state index in [9.17, 15) is 0 Å². The Kier molecular flexibility index (Phi) is 4.86. The molecule has 6 nitrogen and oxygen atoms in total. The van der Waals surface area contributed by atoms with Gasteiger partial charge >= 0.3 is 0 Å². The number of aromatic nitrogens is 2. The van der Waals surface area contributed by atoms with Crippen LogP contribution >= 0.6 is 0 Å². The largest absolute Gasteiger partial charge is 0.493 e. The van der Waals surface area contributed by atoms with E-state index in [-0.39, 0.29) is 7.48 Å². The smallest absolute Gasteiger partial charge is 0.271 e. The predicted octanol–water partition coefficient (Wildman–Crippen LogP) is 1.63. The molecule has 1 N–H and O–H groups in total. The van der Waals surface area contributed by atoms with Crippen LogP contribution in [0.3, 0.4) is 0 Å². The molecule has 0 amide bonds. The van der Waals surface area contributed by atoms with Crippen molar-refractivity contribution in [3.63, 3.8) is 0 Å². The Balaban J connectivity index is 1.92. The van der Waals surface area contributed by atoms with Crippen molar-refractivity contribution in [2.75, 3.05) is 32.2 Å². The van der Waals surface area contributed by atoms with E-state index in [0.29, 0.717) is 17.4 Å². The summed E-state index contributed by atoms with van der Waals surface area (Å²) in [5.41, 5.74) is 0.852. The van der Waals surface area contributed by atoms with Gasteiger partial charge in [0, 0.05) is 24.5 Å². The van der Waals surface area contributed by atoms with Crippen molar-refractivity contribution in [3.05, 3.63) is 18.5 Å². The summed E-state index contributed by atoms with van der Waals surface area (Å²) in [5.74, 6) is 2.91. The van der Waals surface area contributed by atoms with Crippen LogP contribution in [0.25, 0.3) is 10.9 Å². The van der Waals surface area contributed by atoms with E-state index in [1.54, 1.807) is 20.5 Å². The second-order valence-electron chi connectivity index (χ2n) is 5.86. The van der Waals surface area contributed by atoms with E-state index in [4.69, 9.17) is 14.5 Å². The average Bonchev–Trinajstić information content (AvgIpc) is 2.61. The lowest BCUT2D eigenvalue weighted by Crippen LogP contribution is -2.34. The zero-order chi connectivity index (χ0) is 16.2. The van der Waals surface area contributed by atoms with Gasteiger partial charge in [-0.1, -0.05) is 0 Å². The number of benzene rings is 1. The van der Waals surface area contributed by atoms with Crippen molar-refractivity contribution in [3.8, 4) is 11.5 Å². The average molecular weight is 315 g/mol. The van der Waals surface area contributed by atoms with Gasteiger partial charge < -0.3 is 19.4 Å². The fourth-order valence-electron chi connectivity index (χ4n) is 3.24. The van der Waals surface area contributed by atoms with E-state index >= 15 is 0 Å². The van der Waals surface area contributed by atoms with Crippen molar-refractivity contribution in [2.24, 2.45) is 5.92 Å². The molecule has 0 bridgehead atoms. The van der Waals surface area contributed by atoms with Gasteiger partial charge in [-0.25, -0.2) is 9.97 Å². The third-order valence-electron chi connectivity index (χ3n) is 4.57. The molecule has 1 aliphatic rings. The predicted molar refractivity (Wildman–Crippen MR) is 91.8 cm³/mol. The highest BCUT2D eigenvalue weighted by Gasteiger charge is 2.22. The molecule has 1 aliphatic heterocycles. The topological polar surface area (TPSA) is 67.7 Å². The van der Waals surface area contributed by atoms with Crippen LogP contribution in [0.15, 0.2) is 18.5 Å². The van der Waals surface area contributed by atoms with E-state index in [0.717, 1.165) is 49.0 Å². The van der Waals surface area contributed by atoms with Crippen molar-refractivity contribution in [2.45, 2.75) is 19.2 Å². The minimum Gasteiger partial charge on any atom is -0.493 e. The van der Waals surface area contributed by atoms with Gasteiger partial charge in [-0.2, -0.15) is 0 Å². The quantitative estimate of drug-likeness (QED) is 0.846. The van der Waals surface area contributed by atoms with Gasteiger partial charge in [0.2, 0.25) is 0 Å². The first-order chi connectivity index (χ1) is 11.3. The van der Waals surface area contributed by atoms with Crippen LogP contribution in [0.4, 0.5) is 5.82 Å². The second-order valence-corrected chi connectivity index (χ2v) is 5.86. The van der Waals surface area contributed by atoms with Crippen LogP contribution in [0.2, 0.25) is 6.32 Å². The number of hydrogen-bond acceptors (Lipinski definition) is 6. The minimum atomic E-state index is 0.276. The molecule has 2 aromatic rings. The van der Waals surface area contributed by atoms with Gasteiger partial charge in [-0.3, -0.25) is 0 Å². The molecule has 0 saturated carbocycles. The Morgan fingerprint density at radius 1 is 1.17 bits per heavy atom. The van der Waals surface area contributed by atoms with Crippen LogP contribution in [0.5, 0.6) is 11.5 Å². The minimum absolute atomic E-state index is 0.276. The Hall–Kier alpha value is -2.02. The Morgan fingerprint density at radius 2 is 1.87 bits per heavy atom. The first kappa shape index (κ1) is 15.9. The lowest BCUT2D eigenvalue weighted by Gasteiger charge is -2.33. The lowest BCUT2D eigenvalue weighted by molar-refractivity contribution is 0.355. The summed E-state index contributed by atoms with van der Waals surface area (Å²) in [5, 5.41) is 10.1. The molecule has 0 radical (unpaired) electrons. The number of nitrogens with zero attached hydrogens (tertiary/aromatic N) is 3. The molecule has 1 aromatic heterocycles. The number of anilines is 1. The Bertz CT molecular complexity index is 675. The highest BCUT2D eigenvalue weighted by atomic mass is 16.5. The maximum absolute atomic E-state index is 9.09. The number of hydrogen-bond donors (Lipinski definition) is 1. The maximum Gasteiger partial charge on any atom is 0.271 e. The Labute approximate surface area is 136 Å². The van der Waals surface area contributed by atoms with E-state index < -0.39 is 0 Å². The highest BCUT2D eigenvalue weighted by Crippen LogP contribution is 2.35. The van der Waals surface area contributed by atoms with Gasteiger partial charge in [-0.15, -0.1) is 0 Å². The molecule has 0 unspecified atom stereocenters. The van der Waals surface area contributed by atoms with Crippen molar-refractivity contribution in [1.29, 1.82) is 0 Å².